The molecule has 0 spiro atoms. The number of aliphatic hydroxyl groups is 1. The van der Waals surface area contributed by atoms with E-state index >= 15 is 0 Å². The van der Waals surface area contributed by atoms with Gasteiger partial charge in [-0.2, -0.15) is 0 Å². The van der Waals surface area contributed by atoms with Crippen molar-refractivity contribution in [2.75, 3.05) is 4.90 Å². The van der Waals surface area contributed by atoms with Gasteiger partial charge < -0.3 is 0 Å². The Morgan fingerprint density at radius 1 is 0.762 bits per heavy atom. The first kappa shape index (κ1) is 32.7. The second-order valence-electron chi connectivity index (χ2n) is 12.1. The molecule has 226 valence electrons. The van der Waals surface area contributed by atoms with Crippen LogP contribution in [0.1, 0.15) is 95.4 Å². The van der Waals surface area contributed by atoms with Gasteiger partial charge in [0, 0.05) is 0 Å². The van der Waals surface area contributed by atoms with E-state index in [9.17, 15) is 18.7 Å². The number of carbonyl (C=O) groups is 1. The maximum absolute atomic E-state index is 13.7. The van der Waals surface area contributed by atoms with Crippen molar-refractivity contribution in [3.63, 3.8) is 0 Å². The first-order chi connectivity index (χ1) is 20.3. The summed E-state index contributed by atoms with van der Waals surface area (Å²) in [6.07, 6.45) is 7.75. The summed E-state index contributed by atoms with van der Waals surface area (Å²) < 4.78 is 32.9. The molecule has 3 aromatic rings. The van der Waals surface area contributed by atoms with Crippen molar-refractivity contribution in [3.05, 3.63) is 95.6 Å². The molecule has 0 unspecified atom stereocenters. The number of β-lactam (4-membered cyclic amide) rings is 1. The summed E-state index contributed by atoms with van der Waals surface area (Å²) in [4.78, 5) is 15.3. The number of anilines is 1. The summed E-state index contributed by atoms with van der Waals surface area (Å²) in [6, 6.07) is 21.1. The number of rotatable bonds is 16. The zero-order valence-corrected chi connectivity index (χ0v) is 28.4. The van der Waals surface area contributed by atoms with Crippen molar-refractivity contribution < 1.29 is 18.7 Å². The molecule has 1 N–H and O–H groups in total. The number of nitrogens with zero attached hydrogens (tertiary/aromatic N) is 1. The average molecular weight is 682 g/mol. The van der Waals surface area contributed by atoms with E-state index in [2.05, 4.69) is 45.0 Å². The van der Waals surface area contributed by atoms with Gasteiger partial charge in [-0.15, -0.1) is 0 Å². The van der Waals surface area contributed by atoms with Crippen LogP contribution in [0.4, 0.5) is 14.5 Å². The Morgan fingerprint density at radius 2 is 1.26 bits per heavy atom. The summed E-state index contributed by atoms with van der Waals surface area (Å²) in [7, 11) is 0. The van der Waals surface area contributed by atoms with Crippen LogP contribution in [0.15, 0.2) is 72.8 Å². The Labute approximate surface area is 255 Å². The zero-order valence-electron chi connectivity index (χ0n) is 25.5. The minimum absolute atomic E-state index is 0.00986. The molecule has 1 saturated heterocycles. The molecule has 6 heteroatoms. The Kier molecular flexibility index (Phi) is 12.0. The topological polar surface area (TPSA) is 40.5 Å². The Hall–Kier alpha value is -2.25. The summed E-state index contributed by atoms with van der Waals surface area (Å²) in [5.74, 6) is -0.970. The first-order valence-corrected chi connectivity index (χ1v) is 23.4. The van der Waals surface area contributed by atoms with Gasteiger partial charge in [-0.3, -0.25) is 0 Å². The number of hydrogen-bond acceptors (Lipinski definition) is 2. The second kappa shape index (κ2) is 15.5. The molecule has 1 heterocycles. The van der Waals surface area contributed by atoms with Gasteiger partial charge in [-0.25, -0.2) is 4.39 Å². The molecule has 1 aliphatic heterocycles. The van der Waals surface area contributed by atoms with E-state index in [1.165, 1.54) is 76.1 Å². The van der Waals surface area contributed by atoms with Gasteiger partial charge in [0.15, 0.2) is 0 Å². The van der Waals surface area contributed by atoms with Crippen LogP contribution in [-0.2, 0) is 4.79 Å². The molecule has 3 atom stereocenters. The van der Waals surface area contributed by atoms with Crippen molar-refractivity contribution in [1.82, 2.24) is 0 Å². The molecule has 42 heavy (non-hydrogen) atoms. The van der Waals surface area contributed by atoms with Gasteiger partial charge in [0.2, 0.25) is 0 Å². The third-order valence-electron chi connectivity index (χ3n) is 9.22. The maximum atomic E-state index is 13.7. The third-order valence-corrected chi connectivity index (χ3v) is 24.9. The van der Waals surface area contributed by atoms with Gasteiger partial charge >= 0.3 is 246 Å². The first-order valence-electron chi connectivity index (χ1n) is 16.0. The van der Waals surface area contributed by atoms with E-state index in [-0.39, 0.29) is 29.5 Å². The summed E-state index contributed by atoms with van der Waals surface area (Å²) in [5, 5.41) is 10.8. The predicted molar refractivity (Wildman–Crippen MR) is 172 cm³/mol. The van der Waals surface area contributed by atoms with Crippen LogP contribution in [0.25, 0.3) is 0 Å². The SMILES string of the molecule is CCC[CH2][Sn]([CH2]CCC)([CH2]CCC)[c]1ccc([C@@H]2[C@@H](CC[C@H](O)c3ccc(F)cc3)C(=O)N2c2ccc(F)cc2)cc1. The number of hydrogen-bond donors (Lipinski definition) is 1. The molecular weight excluding hydrogens is 635 g/mol. The minimum atomic E-state index is -2.59. The zero-order chi connectivity index (χ0) is 30.1. The molecule has 1 fully saturated rings. The van der Waals surface area contributed by atoms with Gasteiger partial charge in [-0.1, -0.05) is 0 Å². The monoisotopic (exact) mass is 683 g/mol. The number of halogens is 2. The van der Waals surface area contributed by atoms with Crippen LogP contribution in [0.2, 0.25) is 13.3 Å². The molecule has 4 rings (SSSR count). The number of aliphatic hydroxyl groups excluding tert-OH is 1. The van der Waals surface area contributed by atoms with Crippen molar-refractivity contribution in [3.8, 4) is 0 Å². The molecule has 3 nitrogen and oxygen atoms in total. The summed E-state index contributed by atoms with van der Waals surface area (Å²) >= 11 is -2.59. The van der Waals surface area contributed by atoms with Crippen LogP contribution in [0.3, 0.4) is 0 Å². The van der Waals surface area contributed by atoms with Crippen molar-refractivity contribution in [1.29, 1.82) is 0 Å². The Morgan fingerprint density at radius 3 is 1.76 bits per heavy atom. The molecule has 0 saturated carbocycles. The number of benzene rings is 3. The normalized spacial score (nSPS) is 17.8. The van der Waals surface area contributed by atoms with Crippen molar-refractivity contribution >= 4 is 33.6 Å². The molecule has 1 amide bonds. The molecule has 0 aliphatic carbocycles. The van der Waals surface area contributed by atoms with Crippen molar-refractivity contribution in [2.45, 2.75) is 97.6 Å². The van der Waals surface area contributed by atoms with Crippen molar-refractivity contribution in [2.24, 2.45) is 5.92 Å². The van der Waals surface area contributed by atoms with Crippen LogP contribution >= 0.6 is 0 Å². The third kappa shape index (κ3) is 7.63. The average Bonchev–Trinajstić information content (AvgIpc) is 3.01. The fraction of sp³-hybridized carbons (Fsp3) is 0.472. The summed E-state index contributed by atoms with van der Waals surface area (Å²) in [5.41, 5.74) is 2.42. The van der Waals surface area contributed by atoms with E-state index in [1.807, 2.05) is 0 Å². The van der Waals surface area contributed by atoms with E-state index in [0.29, 0.717) is 24.1 Å². The number of amides is 1. The van der Waals surface area contributed by atoms with E-state index in [0.717, 1.165) is 5.56 Å². The summed E-state index contributed by atoms with van der Waals surface area (Å²) in [6.45, 7) is 6.89. The molecule has 0 bridgehead atoms. The van der Waals surface area contributed by atoms with E-state index < -0.39 is 24.5 Å². The fourth-order valence-corrected chi connectivity index (χ4v) is 22.6. The quantitative estimate of drug-likeness (QED) is 0.121. The number of carbonyl (C=O) groups excluding carboxylic acids is 1. The van der Waals surface area contributed by atoms with Crippen LogP contribution in [0, 0.1) is 17.6 Å². The van der Waals surface area contributed by atoms with E-state index in [1.54, 1.807) is 32.7 Å². The molecular formula is C36H47F2NO2Sn. The standard InChI is InChI=1S/C24H20F2NO2.3C4H9.Sn/c25-18-8-6-16(7-9-18)22(28)15-14-21-23(17-4-2-1-3-5-17)27(24(21)29)20-12-10-19(26)11-13-20;3*1-3-4-2;/h2-13,21-23,28H,14-15H2;3*1,3-4H2,2H3;/t21-,22+,23-;;;;/m1..../s1. The second-order valence-corrected chi connectivity index (χ2v) is 25.3. The Bertz CT molecular complexity index is 1240. The van der Waals surface area contributed by atoms with Crippen LogP contribution < -0.4 is 8.48 Å². The van der Waals surface area contributed by atoms with Gasteiger partial charge in [0.25, 0.3) is 0 Å². The molecule has 1 aliphatic rings. The van der Waals surface area contributed by atoms with Crippen LogP contribution in [0.5, 0.6) is 0 Å². The van der Waals surface area contributed by atoms with Crippen LogP contribution in [-0.4, -0.2) is 29.4 Å². The molecule has 3 aromatic carbocycles. The predicted octanol–water partition coefficient (Wildman–Crippen LogP) is 9.24. The van der Waals surface area contributed by atoms with Gasteiger partial charge in [-0.05, 0) is 0 Å². The molecule has 0 aromatic heterocycles. The Balaban J connectivity index is 1.62. The van der Waals surface area contributed by atoms with Gasteiger partial charge in [0.1, 0.15) is 5.82 Å². The molecule has 0 radical (unpaired) electrons. The number of unbranched alkanes of at least 4 members (excludes halogenated alkanes) is 3. The fourth-order valence-electron chi connectivity index (χ4n) is 6.68. The van der Waals surface area contributed by atoms with Gasteiger partial charge in [0.05, 0.1) is 0 Å². The van der Waals surface area contributed by atoms with E-state index in [4.69, 9.17) is 0 Å².